The van der Waals surface area contributed by atoms with Gasteiger partial charge in [0.05, 0.1) is 0 Å². The van der Waals surface area contributed by atoms with E-state index in [-0.39, 0.29) is 20.4 Å². The molecule has 0 saturated carbocycles. The van der Waals surface area contributed by atoms with Crippen molar-refractivity contribution in [1.29, 1.82) is 0 Å². The zero-order valence-electron chi connectivity index (χ0n) is 6.46. The van der Waals surface area contributed by atoms with Crippen LogP contribution < -0.4 is 0 Å². The molecule has 2 aromatic rings. The van der Waals surface area contributed by atoms with Crippen molar-refractivity contribution in [3.05, 3.63) is 19.6 Å². The number of nitrogens with zero attached hydrogens (tertiary/aromatic N) is 2. The summed E-state index contributed by atoms with van der Waals surface area (Å²) >= 11 is -0.0767. The van der Waals surface area contributed by atoms with E-state index in [9.17, 15) is 0 Å². The van der Waals surface area contributed by atoms with Crippen LogP contribution in [-0.4, -0.2) is 30.4 Å². The normalized spacial score (nSPS) is 10.7. The fourth-order valence-corrected chi connectivity index (χ4v) is 3.89. The van der Waals surface area contributed by atoms with Crippen LogP contribution in [0, 0.1) is 13.8 Å². The summed E-state index contributed by atoms with van der Waals surface area (Å²) in [6.07, 6.45) is 3.54. The van der Waals surface area contributed by atoms with E-state index in [1.54, 1.807) is 12.4 Å². The first-order valence-electron chi connectivity index (χ1n) is 3.46. The zero-order chi connectivity index (χ0) is 7.84. The number of fused-ring (bicyclic) bond motifs is 1. The predicted octanol–water partition coefficient (Wildman–Crippen LogP) is 1.30. The molecule has 0 atom stereocenters. The monoisotopic (exact) mass is 262 g/mol. The molecule has 3 heteroatoms. The number of aromatic nitrogens is 2. The summed E-state index contributed by atoms with van der Waals surface area (Å²) in [5.74, 6) is 0. The molecule has 0 radical (unpaired) electrons. The van der Waals surface area contributed by atoms with Gasteiger partial charge in [0.15, 0.2) is 0 Å². The molecule has 0 fully saturated rings. The summed E-state index contributed by atoms with van der Waals surface area (Å²) in [6, 6.07) is 0. The van der Waals surface area contributed by atoms with Crippen molar-refractivity contribution in [3.63, 3.8) is 0 Å². The van der Waals surface area contributed by atoms with Crippen molar-refractivity contribution in [1.82, 2.24) is 9.97 Å². The first-order valence-corrected chi connectivity index (χ1v) is 5.79. The van der Waals surface area contributed by atoms with Crippen LogP contribution >= 0.6 is 0 Å². The van der Waals surface area contributed by atoms with Gasteiger partial charge in [0.1, 0.15) is 0 Å². The fourth-order valence-electron chi connectivity index (χ4n) is 1.18. The molecule has 0 unspecified atom stereocenters. The summed E-state index contributed by atoms with van der Waals surface area (Å²) < 4.78 is 2.94. The molecule has 0 bridgehead atoms. The van der Waals surface area contributed by atoms with E-state index in [1.807, 2.05) is 0 Å². The molecule has 0 aliphatic heterocycles. The van der Waals surface area contributed by atoms with E-state index in [2.05, 4.69) is 23.8 Å². The molecule has 0 saturated heterocycles. The SMILES string of the molecule is Cc1[te]c(C)c2nccnc12. The Hall–Kier alpha value is -0.390. The van der Waals surface area contributed by atoms with E-state index in [0.29, 0.717) is 0 Å². The molecule has 0 aliphatic carbocycles. The molecule has 2 heterocycles. The number of hydrogen-bond donors (Lipinski definition) is 0. The Morgan fingerprint density at radius 3 is 1.91 bits per heavy atom. The summed E-state index contributed by atoms with van der Waals surface area (Å²) in [5.41, 5.74) is 2.29. The van der Waals surface area contributed by atoms with Gasteiger partial charge in [-0.2, -0.15) is 0 Å². The third-order valence-electron chi connectivity index (χ3n) is 1.67. The van der Waals surface area contributed by atoms with Gasteiger partial charge >= 0.3 is 74.8 Å². The molecule has 0 spiro atoms. The van der Waals surface area contributed by atoms with E-state index in [1.165, 1.54) is 7.16 Å². The summed E-state index contributed by atoms with van der Waals surface area (Å²) in [4.78, 5) is 8.61. The fraction of sp³-hybridized carbons (Fsp3) is 0.250. The van der Waals surface area contributed by atoms with Crippen LogP contribution in [0.5, 0.6) is 0 Å². The molecule has 2 rings (SSSR count). The van der Waals surface area contributed by atoms with E-state index < -0.39 is 0 Å². The average molecular weight is 260 g/mol. The molecular weight excluding hydrogens is 252 g/mol. The number of hydrogen-bond acceptors (Lipinski definition) is 2. The third-order valence-corrected chi connectivity index (χ3v) is 4.52. The minimum atomic E-state index is -0.0767. The van der Waals surface area contributed by atoms with Gasteiger partial charge in [0.25, 0.3) is 0 Å². The summed E-state index contributed by atoms with van der Waals surface area (Å²) in [6.45, 7) is 4.35. The van der Waals surface area contributed by atoms with Crippen LogP contribution in [0.3, 0.4) is 0 Å². The quantitative estimate of drug-likeness (QED) is 0.667. The van der Waals surface area contributed by atoms with Crippen LogP contribution in [0.25, 0.3) is 11.0 Å². The van der Waals surface area contributed by atoms with Crippen LogP contribution in [0.1, 0.15) is 7.16 Å². The molecule has 0 amide bonds. The number of rotatable bonds is 0. The van der Waals surface area contributed by atoms with Crippen molar-refractivity contribution in [2.24, 2.45) is 0 Å². The third kappa shape index (κ3) is 1.09. The summed E-state index contributed by atoms with van der Waals surface area (Å²) in [5, 5.41) is 0. The van der Waals surface area contributed by atoms with Crippen LogP contribution in [0.15, 0.2) is 12.4 Å². The molecule has 0 aliphatic rings. The first-order chi connectivity index (χ1) is 5.29. The van der Waals surface area contributed by atoms with Crippen LogP contribution in [0.4, 0.5) is 0 Å². The van der Waals surface area contributed by atoms with Crippen molar-refractivity contribution in [3.8, 4) is 0 Å². The van der Waals surface area contributed by atoms with Gasteiger partial charge in [-0.3, -0.25) is 0 Å². The molecular formula is C8H8N2Te. The van der Waals surface area contributed by atoms with Gasteiger partial charge in [-0.05, 0) is 0 Å². The molecule has 0 aromatic carbocycles. The second-order valence-corrected chi connectivity index (χ2v) is 6.55. The topological polar surface area (TPSA) is 25.8 Å². The van der Waals surface area contributed by atoms with E-state index in [4.69, 9.17) is 0 Å². The Balaban J connectivity index is 2.95. The second kappa shape index (κ2) is 2.58. The van der Waals surface area contributed by atoms with Gasteiger partial charge in [0, 0.05) is 0 Å². The maximum atomic E-state index is 4.30. The molecule has 0 N–H and O–H groups in total. The average Bonchev–Trinajstić information content (AvgIpc) is 2.30. The van der Waals surface area contributed by atoms with E-state index in [0.717, 1.165) is 11.0 Å². The minimum absolute atomic E-state index is 0.0767. The Morgan fingerprint density at radius 2 is 1.45 bits per heavy atom. The molecule has 56 valence electrons. The summed E-state index contributed by atoms with van der Waals surface area (Å²) in [7, 11) is 0. The molecule has 2 aromatic heterocycles. The van der Waals surface area contributed by atoms with Gasteiger partial charge in [-0.1, -0.05) is 0 Å². The van der Waals surface area contributed by atoms with E-state index >= 15 is 0 Å². The van der Waals surface area contributed by atoms with Gasteiger partial charge in [0.2, 0.25) is 0 Å². The first kappa shape index (κ1) is 7.27. The van der Waals surface area contributed by atoms with Crippen molar-refractivity contribution in [2.75, 3.05) is 0 Å². The van der Waals surface area contributed by atoms with Crippen LogP contribution in [-0.2, 0) is 0 Å². The van der Waals surface area contributed by atoms with Gasteiger partial charge in [-0.15, -0.1) is 0 Å². The zero-order valence-corrected chi connectivity index (χ0v) is 8.79. The molecule has 11 heavy (non-hydrogen) atoms. The standard InChI is InChI=1S/C8H8N2Te/c1-5-7-8(6(2)11-5)10-4-3-9-7/h3-4H,1-2H3. The Morgan fingerprint density at radius 1 is 1.00 bits per heavy atom. The van der Waals surface area contributed by atoms with Gasteiger partial charge < -0.3 is 0 Å². The molecule has 2 nitrogen and oxygen atoms in total. The van der Waals surface area contributed by atoms with Gasteiger partial charge in [-0.25, -0.2) is 0 Å². The van der Waals surface area contributed by atoms with Crippen molar-refractivity contribution in [2.45, 2.75) is 13.8 Å². The predicted molar refractivity (Wildman–Crippen MR) is 46.0 cm³/mol. The van der Waals surface area contributed by atoms with Crippen molar-refractivity contribution < 1.29 is 0 Å². The Labute approximate surface area is 74.9 Å². The Bertz CT molecular complexity index is 356. The van der Waals surface area contributed by atoms with Crippen molar-refractivity contribution >= 4 is 31.5 Å². The Kier molecular flexibility index (Phi) is 1.71. The van der Waals surface area contributed by atoms with Crippen LogP contribution in [0.2, 0.25) is 0 Å². The number of aryl methyl sites for hydroxylation is 2. The maximum absolute atomic E-state index is 4.30. The second-order valence-electron chi connectivity index (χ2n) is 2.47.